The maximum Gasteiger partial charge on any atom is 0.407 e. The standard InChI is InChI=1S/C36H57N7O10/c1-8-52-35(50)17-39-31(46)23-42(19-26(4)5)33(48)15-37-29(44)21-41(18-25(2)3)32(47)14-38-30(45)22-43(20-27(6)7)34(49)16-40-36(51)53-24-28-12-10-9-11-13-28/h9-13,25-27H,8,14-24H2,1-7H3,(H,37,44)(H,38,45)(H,39,46)(H,40,51). The Labute approximate surface area is 311 Å². The summed E-state index contributed by atoms with van der Waals surface area (Å²) in [5.74, 6) is -4.07. The minimum absolute atomic E-state index is 0.00285. The summed E-state index contributed by atoms with van der Waals surface area (Å²) in [6, 6.07) is 9.03. The van der Waals surface area contributed by atoms with Gasteiger partial charge in [-0.15, -0.1) is 0 Å². The molecule has 17 heteroatoms. The van der Waals surface area contributed by atoms with E-state index in [0.717, 1.165) is 5.56 Å². The Bertz CT molecular complexity index is 1370. The number of nitrogens with zero attached hydrogens (tertiary/aromatic N) is 3. The first-order valence-corrected chi connectivity index (χ1v) is 17.7. The van der Waals surface area contributed by atoms with Gasteiger partial charge in [-0.3, -0.25) is 33.6 Å². The number of carbonyl (C=O) groups excluding carboxylic acids is 8. The van der Waals surface area contributed by atoms with Crippen molar-refractivity contribution in [1.29, 1.82) is 0 Å². The number of rotatable bonds is 23. The van der Waals surface area contributed by atoms with Crippen LogP contribution in [0.3, 0.4) is 0 Å². The van der Waals surface area contributed by atoms with Gasteiger partial charge in [-0.2, -0.15) is 0 Å². The Morgan fingerprint density at radius 1 is 0.547 bits per heavy atom. The Morgan fingerprint density at radius 2 is 0.925 bits per heavy atom. The monoisotopic (exact) mass is 747 g/mol. The Balaban J connectivity index is 2.70. The number of hydrogen-bond donors (Lipinski definition) is 4. The van der Waals surface area contributed by atoms with Crippen LogP contribution in [0, 0.1) is 17.8 Å². The third-order valence-corrected chi connectivity index (χ3v) is 7.02. The summed E-state index contributed by atoms with van der Waals surface area (Å²) >= 11 is 0. The van der Waals surface area contributed by atoms with Crippen LogP contribution >= 0.6 is 0 Å². The summed E-state index contributed by atoms with van der Waals surface area (Å²) in [5, 5.41) is 9.79. The summed E-state index contributed by atoms with van der Waals surface area (Å²) in [6.07, 6.45) is -0.788. The second-order valence-electron chi connectivity index (χ2n) is 13.6. The van der Waals surface area contributed by atoms with Crippen molar-refractivity contribution in [3.05, 3.63) is 35.9 Å². The lowest BCUT2D eigenvalue weighted by Crippen LogP contribution is -2.51. The van der Waals surface area contributed by atoms with Gasteiger partial charge in [0.1, 0.15) is 19.7 Å². The summed E-state index contributed by atoms with van der Waals surface area (Å²) in [4.78, 5) is 105. The fourth-order valence-corrected chi connectivity index (χ4v) is 4.76. The summed E-state index contributed by atoms with van der Waals surface area (Å²) in [6.45, 7) is 10.8. The van der Waals surface area contributed by atoms with E-state index in [4.69, 9.17) is 9.47 Å². The zero-order valence-electron chi connectivity index (χ0n) is 32.0. The van der Waals surface area contributed by atoms with E-state index >= 15 is 0 Å². The molecule has 296 valence electrons. The van der Waals surface area contributed by atoms with Gasteiger partial charge in [0.15, 0.2) is 0 Å². The van der Waals surface area contributed by atoms with Crippen LogP contribution in [0.1, 0.15) is 54.0 Å². The van der Waals surface area contributed by atoms with E-state index in [1.54, 1.807) is 31.2 Å². The maximum atomic E-state index is 13.1. The van der Waals surface area contributed by atoms with Crippen LogP contribution in [0.2, 0.25) is 0 Å². The predicted molar refractivity (Wildman–Crippen MR) is 195 cm³/mol. The molecular weight excluding hydrogens is 690 g/mol. The molecule has 7 amide bonds. The highest BCUT2D eigenvalue weighted by Crippen LogP contribution is 2.04. The van der Waals surface area contributed by atoms with Gasteiger partial charge in [-0.05, 0) is 30.2 Å². The fourth-order valence-electron chi connectivity index (χ4n) is 4.76. The molecule has 0 spiro atoms. The van der Waals surface area contributed by atoms with E-state index in [0.29, 0.717) is 0 Å². The molecule has 0 aliphatic rings. The number of benzene rings is 1. The zero-order chi connectivity index (χ0) is 39.9. The Kier molecular flexibility index (Phi) is 21.5. The van der Waals surface area contributed by atoms with Crippen molar-refractivity contribution in [2.75, 3.05) is 72.1 Å². The number of alkyl carbamates (subject to hydrolysis) is 1. The molecule has 0 aliphatic heterocycles. The number of ether oxygens (including phenoxy) is 2. The largest absolute Gasteiger partial charge is 0.465 e. The van der Waals surface area contributed by atoms with E-state index in [1.807, 2.05) is 47.6 Å². The molecule has 1 aromatic rings. The molecule has 0 unspecified atom stereocenters. The van der Waals surface area contributed by atoms with Crippen LogP contribution in [0.5, 0.6) is 0 Å². The number of amides is 7. The van der Waals surface area contributed by atoms with Crippen molar-refractivity contribution < 1.29 is 47.8 Å². The number of carbonyl (C=O) groups is 8. The van der Waals surface area contributed by atoms with Gasteiger partial charge in [0.25, 0.3) is 0 Å². The van der Waals surface area contributed by atoms with Gasteiger partial charge in [-0.1, -0.05) is 71.9 Å². The molecule has 1 aromatic carbocycles. The first kappa shape index (κ1) is 45.8. The first-order valence-electron chi connectivity index (χ1n) is 17.7. The lowest BCUT2D eigenvalue weighted by Gasteiger charge is -2.26. The summed E-state index contributed by atoms with van der Waals surface area (Å²) < 4.78 is 9.91. The second kappa shape index (κ2) is 24.9. The highest BCUT2D eigenvalue weighted by atomic mass is 16.5. The smallest absolute Gasteiger partial charge is 0.407 e. The quantitative estimate of drug-likeness (QED) is 0.112. The van der Waals surface area contributed by atoms with Crippen molar-refractivity contribution in [1.82, 2.24) is 36.0 Å². The molecule has 0 bridgehead atoms. The number of esters is 1. The van der Waals surface area contributed by atoms with Crippen molar-refractivity contribution in [2.24, 2.45) is 17.8 Å². The third kappa shape index (κ3) is 21.0. The van der Waals surface area contributed by atoms with E-state index < -0.39 is 73.7 Å². The van der Waals surface area contributed by atoms with Crippen LogP contribution < -0.4 is 21.3 Å². The molecule has 53 heavy (non-hydrogen) atoms. The number of nitrogens with one attached hydrogen (secondary N) is 4. The normalized spacial score (nSPS) is 10.7. The Hall–Kier alpha value is -5.22. The summed E-state index contributed by atoms with van der Waals surface area (Å²) in [5.41, 5.74) is 0.779. The molecule has 0 saturated heterocycles. The highest BCUT2D eigenvalue weighted by molar-refractivity contribution is 5.92. The number of hydrogen-bond acceptors (Lipinski definition) is 10. The lowest BCUT2D eigenvalue weighted by molar-refractivity contribution is -0.144. The average Bonchev–Trinajstić information content (AvgIpc) is 3.09. The van der Waals surface area contributed by atoms with Crippen LogP contribution in [0.15, 0.2) is 30.3 Å². The molecule has 1 rings (SSSR count). The van der Waals surface area contributed by atoms with Gasteiger partial charge >= 0.3 is 12.1 Å². The van der Waals surface area contributed by atoms with Crippen LogP contribution in [0.25, 0.3) is 0 Å². The van der Waals surface area contributed by atoms with E-state index in [2.05, 4.69) is 21.3 Å². The molecule has 0 saturated carbocycles. The van der Waals surface area contributed by atoms with Crippen molar-refractivity contribution in [2.45, 2.75) is 55.1 Å². The van der Waals surface area contributed by atoms with E-state index in [9.17, 15) is 38.4 Å². The van der Waals surface area contributed by atoms with Crippen molar-refractivity contribution >= 4 is 47.5 Å². The minimum atomic E-state index is -0.788. The maximum absolute atomic E-state index is 13.1. The molecule has 0 aliphatic carbocycles. The van der Waals surface area contributed by atoms with Crippen LogP contribution in [0.4, 0.5) is 4.79 Å². The molecule has 0 heterocycles. The summed E-state index contributed by atoms with van der Waals surface area (Å²) in [7, 11) is 0. The molecule has 4 N–H and O–H groups in total. The minimum Gasteiger partial charge on any atom is -0.465 e. The van der Waals surface area contributed by atoms with Gasteiger partial charge in [0.05, 0.1) is 39.3 Å². The van der Waals surface area contributed by atoms with Gasteiger partial charge in [-0.25, -0.2) is 4.79 Å². The van der Waals surface area contributed by atoms with E-state index in [1.165, 1.54) is 14.7 Å². The molecule has 0 fully saturated rings. The van der Waals surface area contributed by atoms with Gasteiger partial charge in [0.2, 0.25) is 35.4 Å². The molecule has 0 aromatic heterocycles. The SMILES string of the molecule is CCOC(=O)CNC(=O)CN(CC(C)C)C(=O)CNC(=O)CN(CC(C)C)C(=O)CNC(=O)CN(CC(C)C)C(=O)CNC(=O)OCc1ccccc1. The van der Waals surface area contributed by atoms with Crippen LogP contribution in [-0.2, 0) is 49.6 Å². The molecule has 0 radical (unpaired) electrons. The van der Waals surface area contributed by atoms with Crippen LogP contribution in [-0.4, -0.2) is 134 Å². The molecule has 17 nitrogen and oxygen atoms in total. The lowest BCUT2D eigenvalue weighted by atomic mass is 10.2. The van der Waals surface area contributed by atoms with Crippen molar-refractivity contribution in [3.63, 3.8) is 0 Å². The second-order valence-corrected chi connectivity index (χ2v) is 13.6. The fraction of sp³-hybridized carbons (Fsp3) is 0.611. The van der Waals surface area contributed by atoms with Gasteiger partial charge < -0.3 is 45.4 Å². The third-order valence-electron chi connectivity index (χ3n) is 7.02. The van der Waals surface area contributed by atoms with Gasteiger partial charge in [0, 0.05) is 19.6 Å². The topological polar surface area (TPSA) is 213 Å². The molecule has 0 atom stereocenters. The van der Waals surface area contributed by atoms with E-state index in [-0.39, 0.29) is 70.2 Å². The average molecular weight is 748 g/mol. The molecular formula is C36H57N7O10. The van der Waals surface area contributed by atoms with Crippen molar-refractivity contribution in [3.8, 4) is 0 Å². The first-order chi connectivity index (χ1) is 25.0. The predicted octanol–water partition coefficient (Wildman–Crippen LogP) is 0.278. The highest BCUT2D eigenvalue weighted by Gasteiger charge is 2.24. The Morgan fingerprint density at radius 3 is 1.30 bits per heavy atom. The zero-order valence-corrected chi connectivity index (χ0v) is 32.0.